The molecule has 3 rings (SSSR count). The van der Waals surface area contributed by atoms with Crippen molar-refractivity contribution in [2.75, 3.05) is 7.11 Å². The molecule has 25 heavy (non-hydrogen) atoms. The Bertz CT molecular complexity index is 936. The fraction of sp³-hybridized carbons (Fsp3) is 0.111. The second kappa shape index (κ2) is 7.33. The van der Waals surface area contributed by atoms with Crippen molar-refractivity contribution in [2.45, 2.75) is 6.54 Å². The van der Waals surface area contributed by atoms with E-state index in [9.17, 15) is 9.59 Å². The van der Waals surface area contributed by atoms with Crippen LogP contribution in [0.2, 0.25) is 0 Å². The molecular formula is C18H16N2O4S. The Morgan fingerprint density at radius 3 is 2.68 bits per heavy atom. The van der Waals surface area contributed by atoms with E-state index < -0.39 is 5.91 Å². The van der Waals surface area contributed by atoms with Gasteiger partial charge in [-0.15, -0.1) is 11.3 Å². The van der Waals surface area contributed by atoms with Crippen LogP contribution in [0.4, 0.5) is 0 Å². The van der Waals surface area contributed by atoms with E-state index in [0.717, 1.165) is 21.4 Å². The average molecular weight is 356 g/mol. The average Bonchev–Trinajstić information content (AvgIpc) is 3.08. The molecule has 0 bridgehead atoms. The quantitative estimate of drug-likeness (QED) is 0.484. The van der Waals surface area contributed by atoms with Crippen LogP contribution in [-0.2, 0) is 6.54 Å². The first kappa shape index (κ1) is 16.9. The largest absolute Gasteiger partial charge is 0.496 e. The smallest absolute Gasteiger partial charge is 0.284 e. The van der Waals surface area contributed by atoms with Gasteiger partial charge in [0.05, 0.1) is 12.0 Å². The van der Waals surface area contributed by atoms with E-state index in [2.05, 4.69) is 5.32 Å². The lowest BCUT2D eigenvalue weighted by Crippen LogP contribution is -2.22. The lowest BCUT2D eigenvalue weighted by molar-refractivity contribution is 0.0711. The normalized spacial score (nSPS) is 10.5. The van der Waals surface area contributed by atoms with Crippen molar-refractivity contribution in [1.29, 1.82) is 0 Å². The standard InChI is InChI=1S/C18H16N2O4S/c1-24-14-5-3-2-4-12(14)10-19-17(21)11-6-7-15-13(8-11)9-16(25-15)18(22)20-23/h2-9,23H,10H2,1H3,(H,19,21)(H,20,22). The minimum absolute atomic E-state index is 0.216. The topological polar surface area (TPSA) is 87.7 Å². The highest BCUT2D eigenvalue weighted by Crippen LogP contribution is 2.26. The van der Waals surface area contributed by atoms with Gasteiger partial charge in [0, 0.05) is 22.4 Å². The number of hydroxylamine groups is 1. The number of hydrogen-bond acceptors (Lipinski definition) is 5. The molecule has 128 valence electrons. The third-order valence-electron chi connectivity index (χ3n) is 3.74. The Kier molecular flexibility index (Phi) is 4.97. The fourth-order valence-electron chi connectivity index (χ4n) is 2.48. The van der Waals surface area contributed by atoms with Crippen LogP contribution in [0.3, 0.4) is 0 Å². The van der Waals surface area contributed by atoms with Crippen molar-refractivity contribution in [2.24, 2.45) is 0 Å². The van der Waals surface area contributed by atoms with E-state index in [4.69, 9.17) is 9.94 Å². The molecule has 0 aliphatic carbocycles. The Labute approximate surface area is 148 Å². The van der Waals surface area contributed by atoms with Gasteiger partial charge < -0.3 is 10.1 Å². The molecule has 0 atom stereocenters. The maximum absolute atomic E-state index is 12.4. The number of nitrogens with one attached hydrogen (secondary N) is 2. The lowest BCUT2D eigenvalue weighted by atomic mass is 10.1. The van der Waals surface area contributed by atoms with Gasteiger partial charge in [0.2, 0.25) is 0 Å². The molecule has 0 saturated heterocycles. The van der Waals surface area contributed by atoms with Crippen molar-refractivity contribution in [3.8, 4) is 5.75 Å². The van der Waals surface area contributed by atoms with Gasteiger partial charge in [-0.3, -0.25) is 14.8 Å². The number of ether oxygens (including phenoxy) is 1. The zero-order valence-electron chi connectivity index (χ0n) is 13.4. The summed E-state index contributed by atoms with van der Waals surface area (Å²) < 4.78 is 6.13. The molecule has 7 heteroatoms. The Hall–Kier alpha value is -2.90. The molecule has 2 aromatic carbocycles. The second-order valence-electron chi connectivity index (χ2n) is 5.30. The van der Waals surface area contributed by atoms with Crippen LogP contribution in [0, 0.1) is 0 Å². The van der Waals surface area contributed by atoms with Gasteiger partial charge in [0.15, 0.2) is 0 Å². The Balaban J connectivity index is 1.76. The molecular weight excluding hydrogens is 340 g/mol. The predicted octanol–water partition coefficient (Wildman–Crippen LogP) is 2.96. The molecule has 2 amide bonds. The van der Waals surface area contributed by atoms with Gasteiger partial charge in [-0.1, -0.05) is 18.2 Å². The summed E-state index contributed by atoms with van der Waals surface area (Å²) in [5, 5.41) is 12.3. The highest BCUT2D eigenvalue weighted by molar-refractivity contribution is 7.20. The molecule has 1 heterocycles. The molecule has 0 aliphatic rings. The highest BCUT2D eigenvalue weighted by Gasteiger charge is 2.12. The first-order valence-corrected chi connectivity index (χ1v) is 8.32. The zero-order valence-corrected chi connectivity index (χ0v) is 14.2. The van der Waals surface area contributed by atoms with Crippen LogP contribution in [-0.4, -0.2) is 24.1 Å². The van der Waals surface area contributed by atoms with E-state index >= 15 is 0 Å². The molecule has 1 aromatic heterocycles. The Morgan fingerprint density at radius 1 is 1.12 bits per heavy atom. The minimum Gasteiger partial charge on any atom is -0.496 e. The number of fused-ring (bicyclic) bond motifs is 1. The molecule has 0 saturated carbocycles. The van der Waals surface area contributed by atoms with Crippen LogP contribution in [0.15, 0.2) is 48.5 Å². The van der Waals surface area contributed by atoms with Crippen molar-refractivity contribution >= 4 is 33.2 Å². The van der Waals surface area contributed by atoms with Crippen molar-refractivity contribution in [1.82, 2.24) is 10.8 Å². The number of rotatable bonds is 5. The summed E-state index contributed by atoms with van der Waals surface area (Å²) >= 11 is 1.25. The minimum atomic E-state index is -0.566. The second-order valence-corrected chi connectivity index (χ2v) is 6.38. The number of amides is 2. The first-order valence-electron chi connectivity index (χ1n) is 7.50. The number of methoxy groups -OCH3 is 1. The third kappa shape index (κ3) is 3.62. The van der Waals surface area contributed by atoms with Gasteiger partial charge in [-0.2, -0.15) is 0 Å². The third-order valence-corrected chi connectivity index (χ3v) is 4.85. The van der Waals surface area contributed by atoms with E-state index in [1.54, 1.807) is 36.9 Å². The molecule has 6 nitrogen and oxygen atoms in total. The molecule has 0 fully saturated rings. The molecule has 0 aliphatic heterocycles. The van der Waals surface area contributed by atoms with Gasteiger partial charge in [-0.25, -0.2) is 5.48 Å². The van der Waals surface area contributed by atoms with Crippen LogP contribution in [0.1, 0.15) is 25.6 Å². The van der Waals surface area contributed by atoms with Crippen molar-refractivity contribution in [3.05, 3.63) is 64.5 Å². The number of thiophene rings is 1. The van der Waals surface area contributed by atoms with Crippen LogP contribution >= 0.6 is 11.3 Å². The van der Waals surface area contributed by atoms with E-state index in [0.29, 0.717) is 17.0 Å². The predicted molar refractivity (Wildman–Crippen MR) is 95.2 cm³/mol. The summed E-state index contributed by atoms with van der Waals surface area (Å²) in [5.41, 5.74) is 2.99. The monoisotopic (exact) mass is 356 g/mol. The maximum Gasteiger partial charge on any atom is 0.284 e. The highest BCUT2D eigenvalue weighted by atomic mass is 32.1. The summed E-state index contributed by atoms with van der Waals surface area (Å²) in [5.74, 6) is -0.0636. The summed E-state index contributed by atoms with van der Waals surface area (Å²) in [6, 6.07) is 14.3. The van der Waals surface area contributed by atoms with Gasteiger partial charge >= 0.3 is 0 Å². The summed E-state index contributed by atoms with van der Waals surface area (Å²) in [4.78, 5) is 24.2. The van der Waals surface area contributed by atoms with Crippen molar-refractivity contribution in [3.63, 3.8) is 0 Å². The van der Waals surface area contributed by atoms with Crippen LogP contribution < -0.4 is 15.5 Å². The number of carbonyl (C=O) groups excluding carboxylic acids is 2. The molecule has 3 aromatic rings. The zero-order chi connectivity index (χ0) is 17.8. The number of hydrogen-bond donors (Lipinski definition) is 3. The van der Waals surface area contributed by atoms with Gasteiger partial charge in [0.1, 0.15) is 5.75 Å². The number of carbonyl (C=O) groups is 2. The lowest BCUT2D eigenvalue weighted by Gasteiger charge is -2.09. The maximum atomic E-state index is 12.4. The molecule has 0 radical (unpaired) electrons. The SMILES string of the molecule is COc1ccccc1CNC(=O)c1ccc2sc(C(=O)NO)cc2c1. The summed E-state index contributed by atoms with van der Waals surface area (Å²) in [7, 11) is 1.59. The summed E-state index contributed by atoms with van der Waals surface area (Å²) in [6.07, 6.45) is 0. The van der Waals surface area contributed by atoms with Gasteiger partial charge in [-0.05, 0) is 35.7 Å². The summed E-state index contributed by atoms with van der Waals surface area (Å²) in [6.45, 7) is 0.350. The molecule has 0 unspecified atom stereocenters. The first-order chi connectivity index (χ1) is 12.1. The van der Waals surface area contributed by atoms with Crippen LogP contribution in [0.5, 0.6) is 5.75 Å². The van der Waals surface area contributed by atoms with Gasteiger partial charge in [0.25, 0.3) is 11.8 Å². The number of benzene rings is 2. The van der Waals surface area contributed by atoms with E-state index in [1.165, 1.54) is 11.3 Å². The van der Waals surface area contributed by atoms with E-state index in [-0.39, 0.29) is 5.91 Å². The molecule has 0 spiro atoms. The number of para-hydroxylation sites is 1. The fourth-order valence-corrected chi connectivity index (χ4v) is 3.41. The molecule has 3 N–H and O–H groups in total. The van der Waals surface area contributed by atoms with Crippen LogP contribution in [0.25, 0.3) is 10.1 Å². The van der Waals surface area contributed by atoms with E-state index in [1.807, 2.05) is 24.3 Å². The Morgan fingerprint density at radius 2 is 1.92 bits per heavy atom. The van der Waals surface area contributed by atoms with Crippen molar-refractivity contribution < 1.29 is 19.5 Å².